The van der Waals surface area contributed by atoms with Crippen LogP contribution in [0.1, 0.15) is 57.9 Å². The maximum atomic E-state index is 12.6. The Morgan fingerprint density at radius 1 is 1.30 bits per heavy atom. The van der Waals surface area contributed by atoms with Crippen molar-refractivity contribution in [1.82, 2.24) is 0 Å². The zero-order valence-electron chi connectivity index (χ0n) is 13.9. The summed E-state index contributed by atoms with van der Waals surface area (Å²) in [6, 6.07) is 5.40. The molecule has 3 nitrogen and oxygen atoms in total. The molecule has 1 saturated carbocycles. The smallest absolute Gasteiger partial charge is 0.249 e. The molecule has 3 rings (SSSR count). The van der Waals surface area contributed by atoms with Crippen molar-refractivity contribution < 1.29 is 4.79 Å². The van der Waals surface area contributed by atoms with Crippen molar-refractivity contribution >= 4 is 28.9 Å². The minimum absolute atomic E-state index is 0.00809. The molecule has 0 saturated heterocycles. The summed E-state index contributed by atoms with van der Waals surface area (Å²) in [5, 5.41) is 3.77. The van der Waals surface area contributed by atoms with Gasteiger partial charge in [-0.1, -0.05) is 51.1 Å². The van der Waals surface area contributed by atoms with Crippen molar-refractivity contribution in [1.29, 1.82) is 0 Å². The number of carbonyl (C=O) groups excluding carboxylic acids is 1. The number of nitrogens with one attached hydrogen (secondary N) is 1. The number of hydrogen-bond acceptors (Lipinski definition) is 2. The predicted molar refractivity (Wildman–Crippen MR) is 96.4 cm³/mol. The molecule has 0 aromatic heterocycles. The van der Waals surface area contributed by atoms with Crippen LogP contribution in [0, 0.1) is 11.8 Å². The van der Waals surface area contributed by atoms with Gasteiger partial charge in [-0.05, 0) is 37.0 Å². The second-order valence-corrected chi connectivity index (χ2v) is 7.30. The van der Waals surface area contributed by atoms with E-state index >= 15 is 0 Å². The third kappa shape index (κ3) is 3.45. The van der Waals surface area contributed by atoms with Crippen LogP contribution in [-0.4, -0.2) is 17.7 Å². The number of benzene rings is 1. The zero-order chi connectivity index (χ0) is 16.4. The number of amides is 1. The third-order valence-electron chi connectivity index (χ3n) is 5.24. The molecule has 1 aliphatic carbocycles. The Bertz CT molecular complexity index is 620. The quantitative estimate of drug-likeness (QED) is 0.824. The minimum Gasteiger partial charge on any atom is -0.324 e. The number of halogens is 1. The van der Waals surface area contributed by atoms with Crippen molar-refractivity contribution in [2.75, 3.05) is 5.32 Å². The minimum atomic E-state index is -0.303. The van der Waals surface area contributed by atoms with Crippen LogP contribution >= 0.6 is 11.6 Å². The van der Waals surface area contributed by atoms with E-state index in [4.69, 9.17) is 16.6 Å². The highest BCUT2D eigenvalue weighted by molar-refractivity contribution is 6.31. The van der Waals surface area contributed by atoms with Crippen LogP contribution in [0.15, 0.2) is 23.2 Å². The molecule has 1 aliphatic heterocycles. The number of fused-ring (bicyclic) bond motifs is 1. The first kappa shape index (κ1) is 16.5. The first-order valence-electron chi connectivity index (χ1n) is 8.78. The number of nitrogens with zero attached hydrogens (tertiary/aromatic N) is 1. The van der Waals surface area contributed by atoms with Crippen molar-refractivity contribution in [3.05, 3.63) is 28.8 Å². The highest BCUT2D eigenvalue weighted by Gasteiger charge is 2.32. The maximum absolute atomic E-state index is 12.6. The molecule has 4 heteroatoms. The average molecular weight is 333 g/mol. The van der Waals surface area contributed by atoms with E-state index in [1.54, 1.807) is 0 Å². The predicted octanol–water partition coefficient (Wildman–Crippen LogP) is 5.08. The molecule has 1 amide bonds. The molecule has 124 valence electrons. The maximum Gasteiger partial charge on any atom is 0.249 e. The summed E-state index contributed by atoms with van der Waals surface area (Å²) in [5.74, 6) is 0.687. The molecule has 1 aromatic carbocycles. The lowest BCUT2D eigenvalue weighted by atomic mass is 9.82. The van der Waals surface area contributed by atoms with E-state index in [0.29, 0.717) is 10.9 Å². The largest absolute Gasteiger partial charge is 0.324 e. The normalized spacial score (nSPS) is 23.5. The highest BCUT2D eigenvalue weighted by Crippen LogP contribution is 2.34. The Morgan fingerprint density at radius 3 is 2.74 bits per heavy atom. The summed E-state index contributed by atoms with van der Waals surface area (Å²) >= 11 is 6.23. The van der Waals surface area contributed by atoms with Gasteiger partial charge in [0.1, 0.15) is 6.04 Å². The number of hydrogen-bond donors (Lipinski definition) is 1. The lowest BCUT2D eigenvalue weighted by Gasteiger charge is -2.25. The van der Waals surface area contributed by atoms with Gasteiger partial charge in [0.2, 0.25) is 5.91 Å². The van der Waals surface area contributed by atoms with Gasteiger partial charge in [-0.3, -0.25) is 9.79 Å². The second kappa shape index (κ2) is 7.04. The van der Waals surface area contributed by atoms with Crippen molar-refractivity contribution in [3.8, 4) is 0 Å². The van der Waals surface area contributed by atoms with Gasteiger partial charge in [0.05, 0.1) is 0 Å². The van der Waals surface area contributed by atoms with E-state index < -0.39 is 0 Å². The molecule has 1 aromatic rings. The van der Waals surface area contributed by atoms with Gasteiger partial charge in [0.15, 0.2) is 0 Å². The van der Waals surface area contributed by atoms with E-state index in [1.165, 1.54) is 19.3 Å². The third-order valence-corrected chi connectivity index (χ3v) is 5.47. The van der Waals surface area contributed by atoms with E-state index in [1.807, 2.05) is 18.2 Å². The molecule has 0 bridgehead atoms. The van der Waals surface area contributed by atoms with Gasteiger partial charge in [0.25, 0.3) is 0 Å². The fourth-order valence-corrected chi connectivity index (χ4v) is 3.80. The lowest BCUT2D eigenvalue weighted by Crippen LogP contribution is -2.31. The standard InChI is InChI=1S/C19H25ClN2O/c1-3-12(2)17-19(23)21-16-10-9-14(20)11-15(16)18(22-17)13-7-5-4-6-8-13/h9-13,17H,3-8H2,1-2H3,(H,21,23)/t12-,17-/m0/s1. The Morgan fingerprint density at radius 2 is 2.04 bits per heavy atom. The summed E-state index contributed by atoms with van der Waals surface area (Å²) in [5.41, 5.74) is 2.96. The van der Waals surface area contributed by atoms with E-state index in [9.17, 15) is 4.79 Å². The summed E-state index contributed by atoms with van der Waals surface area (Å²) in [7, 11) is 0. The van der Waals surface area contributed by atoms with Gasteiger partial charge >= 0.3 is 0 Å². The van der Waals surface area contributed by atoms with Crippen LogP contribution in [-0.2, 0) is 4.79 Å². The molecule has 1 N–H and O–H groups in total. The van der Waals surface area contributed by atoms with Crippen LogP contribution in [0.3, 0.4) is 0 Å². The van der Waals surface area contributed by atoms with E-state index in [0.717, 1.165) is 36.2 Å². The summed E-state index contributed by atoms with van der Waals surface area (Å²) < 4.78 is 0. The van der Waals surface area contributed by atoms with Gasteiger partial charge in [-0.25, -0.2) is 0 Å². The molecular weight excluding hydrogens is 308 g/mol. The van der Waals surface area contributed by atoms with Crippen LogP contribution in [0.25, 0.3) is 0 Å². The first-order valence-corrected chi connectivity index (χ1v) is 9.16. The van der Waals surface area contributed by atoms with Gasteiger partial charge in [0, 0.05) is 27.9 Å². The summed E-state index contributed by atoms with van der Waals surface area (Å²) in [6.45, 7) is 4.22. The Hall–Kier alpha value is -1.35. The van der Waals surface area contributed by atoms with Gasteiger partial charge < -0.3 is 5.32 Å². The molecule has 0 radical (unpaired) electrons. The number of benzodiazepines with no additional fused rings is 1. The number of carbonyl (C=O) groups is 1. The summed E-state index contributed by atoms with van der Waals surface area (Å²) in [4.78, 5) is 17.6. The van der Waals surface area contributed by atoms with Crippen molar-refractivity contribution in [3.63, 3.8) is 0 Å². The second-order valence-electron chi connectivity index (χ2n) is 6.86. The fraction of sp³-hybridized carbons (Fsp3) is 0.579. The van der Waals surface area contributed by atoms with Gasteiger partial charge in [-0.2, -0.15) is 0 Å². The molecule has 2 aliphatic rings. The summed E-state index contributed by atoms with van der Waals surface area (Å²) in [6.07, 6.45) is 7.05. The fourth-order valence-electron chi connectivity index (χ4n) is 3.63. The highest BCUT2D eigenvalue weighted by atomic mass is 35.5. The monoisotopic (exact) mass is 332 g/mol. The van der Waals surface area contributed by atoms with Crippen molar-refractivity contribution in [2.45, 2.75) is 58.4 Å². The average Bonchev–Trinajstić information content (AvgIpc) is 2.71. The number of aliphatic imine (C=N–C) groups is 1. The number of rotatable bonds is 3. The molecule has 2 atom stereocenters. The molecule has 0 spiro atoms. The Kier molecular flexibility index (Phi) is 5.05. The van der Waals surface area contributed by atoms with Gasteiger partial charge in [-0.15, -0.1) is 0 Å². The SMILES string of the molecule is CC[C@H](C)[C@@H]1N=C(C2CCCCC2)c2cc(Cl)ccc2NC1=O. The first-order chi connectivity index (χ1) is 11.1. The zero-order valence-corrected chi connectivity index (χ0v) is 14.7. The van der Waals surface area contributed by atoms with Crippen LogP contribution in [0.4, 0.5) is 5.69 Å². The Balaban J connectivity index is 2.08. The van der Waals surface area contributed by atoms with E-state index in [2.05, 4.69) is 19.2 Å². The van der Waals surface area contributed by atoms with Crippen molar-refractivity contribution in [2.24, 2.45) is 16.8 Å². The lowest BCUT2D eigenvalue weighted by molar-refractivity contribution is -0.118. The Labute approximate surface area is 143 Å². The molecule has 0 unspecified atom stereocenters. The van der Waals surface area contributed by atoms with Crippen LogP contribution < -0.4 is 5.32 Å². The molecule has 1 fully saturated rings. The van der Waals surface area contributed by atoms with Crippen LogP contribution in [0.2, 0.25) is 5.02 Å². The molecule has 1 heterocycles. The topological polar surface area (TPSA) is 41.5 Å². The molecule has 23 heavy (non-hydrogen) atoms. The van der Waals surface area contributed by atoms with Crippen LogP contribution in [0.5, 0.6) is 0 Å². The molecular formula is C19H25ClN2O. The number of anilines is 1. The van der Waals surface area contributed by atoms with E-state index in [-0.39, 0.29) is 17.9 Å².